The first-order valence-electron chi connectivity index (χ1n) is 12.1. The van der Waals surface area contributed by atoms with E-state index in [1.807, 2.05) is 32.9 Å². The van der Waals surface area contributed by atoms with Gasteiger partial charge in [0, 0.05) is 23.7 Å². The van der Waals surface area contributed by atoms with Gasteiger partial charge in [0.1, 0.15) is 11.4 Å². The number of aromatic nitrogens is 4. The average molecular weight is 531 g/mol. The number of hydrogen-bond acceptors (Lipinski definition) is 6. The molecule has 3 aromatic carbocycles. The molecule has 0 radical (unpaired) electrons. The van der Waals surface area contributed by atoms with Crippen molar-refractivity contribution in [3.05, 3.63) is 60.2 Å². The van der Waals surface area contributed by atoms with Gasteiger partial charge in [-0.15, -0.1) is 0 Å². The molecule has 1 amide bonds. The van der Waals surface area contributed by atoms with Gasteiger partial charge < -0.3 is 14.6 Å². The Bertz CT molecular complexity index is 1850. The van der Waals surface area contributed by atoms with Crippen LogP contribution >= 0.6 is 0 Å². The van der Waals surface area contributed by atoms with Gasteiger partial charge in [0.25, 0.3) is 10.0 Å². The highest BCUT2D eigenvalue weighted by atomic mass is 32.2. The number of ether oxygens (including phenoxy) is 1. The summed E-state index contributed by atoms with van der Waals surface area (Å²) < 4.78 is 33.8. The lowest BCUT2D eigenvalue weighted by atomic mass is 9.86. The van der Waals surface area contributed by atoms with Gasteiger partial charge >= 0.3 is 0 Å². The normalized spacial score (nSPS) is 14.8. The Morgan fingerprint density at radius 3 is 2.66 bits per heavy atom. The number of methoxy groups -OCH3 is 1. The second-order valence-electron chi connectivity index (χ2n) is 9.76. The Kier molecular flexibility index (Phi) is 5.25. The van der Waals surface area contributed by atoms with Crippen LogP contribution in [-0.2, 0) is 20.2 Å². The molecule has 0 bridgehead atoms. The Morgan fingerprint density at radius 2 is 1.89 bits per heavy atom. The number of aromatic amines is 2. The number of rotatable bonds is 6. The van der Waals surface area contributed by atoms with E-state index in [0.717, 1.165) is 22.3 Å². The molecule has 5 aromatic rings. The number of imidazole rings is 1. The molecule has 0 saturated carbocycles. The molecule has 194 valence electrons. The molecular formula is C27H26N6O4S. The number of anilines is 2. The Morgan fingerprint density at radius 1 is 1.08 bits per heavy atom. The Balaban J connectivity index is 1.39. The maximum absolute atomic E-state index is 13.0. The van der Waals surface area contributed by atoms with Crippen LogP contribution in [0.25, 0.3) is 33.5 Å². The third kappa shape index (κ3) is 3.61. The highest BCUT2D eigenvalue weighted by Gasteiger charge is 2.43. The van der Waals surface area contributed by atoms with E-state index in [1.165, 1.54) is 19.2 Å². The van der Waals surface area contributed by atoms with Gasteiger partial charge in [0.2, 0.25) is 5.91 Å². The number of nitrogens with one attached hydrogen (secondary N) is 3. The number of fused-ring (bicyclic) bond motifs is 3. The van der Waals surface area contributed by atoms with Crippen molar-refractivity contribution in [3.63, 3.8) is 0 Å². The highest BCUT2D eigenvalue weighted by molar-refractivity contribution is 7.92. The number of carbonyl (C=O) groups is 1. The lowest BCUT2D eigenvalue weighted by molar-refractivity contribution is -0.122. The summed E-state index contributed by atoms with van der Waals surface area (Å²) in [4.78, 5) is 22.9. The maximum Gasteiger partial charge on any atom is 0.262 e. The fourth-order valence-electron chi connectivity index (χ4n) is 5.00. The van der Waals surface area contributed by atoms with E-state index in [1.54, 1.807) is 35.2 Å². The van der Waals surface area contributed by atoms with Crippen molar-refractivity contribution in [1.29, 1.82) is 0 Å². The van der Waals surface area contributed by atoms with Crippen LogP contribution in [0.1, 0.15) is 26.3 Å². The molecule has 3 N–H and O–H groups in total. The Labute approximate surface area is 219 Å². The zero-order chi connectivity index (χ0) is 26.8. The maximum atomic E-state index is 13.0. The fourth-order valence-corrected chi connectivity index (χ4v) is 6.08. The van der Waals surface area contributed by atoms with Gasteiger partial charge in [0.15, 0.2) is 5.82 Å². The Hall–Kier alpha value is -4.38. The van der Waals surface area contributed by atoms with E-state index in [0.29, 0.717) is 40.4 Å². The van der Waals surface area contributed by atoms with Crippen molar-refractivity contribution in [2.45, 2.75) is 31.1 Å². The third-order valence-electron chi connectivity index (χ3n) is 7.05. The first-order chi connectivity index (χ1) is 18.1. The zero-order valence-electron chi connectivity index (χ0n) is 21.3. The van der Waals surface area contributed by atoms with E-state index >= 15 is 0 Å². The summed E-state index contributed by atoms with van der Waals surface area (Å²) in [7, 11) is -2.36. The molecule has 11 heteroatoms. The summed E-state index contributed by atoms with van der Waals surface area (Å²) in [5.74, 6) is 1.06. The predicted octanol–water partition coefficient (Wildman–Crippen LogP) is 4.56. The van der Waals surface area contributed by atoms with Gasteiger partial charge in [-0.05, 0) is 68.8 Å². The lowest BCUT2D eigenvalue weighted by Gasteiger charge is -2.18. The number of amides is 1. The van der Waals surface area contributed by atoms with Crippen LogP contribution in [-0.4, -0.2) is 48.1 Å². The molecule has 0 atom stereocenters. The number of H-pyrrole nitrogens is 2. The summed E-state index contributed by atoms with van der Waals surface area (Å²) >= 11 is 0. The lowest BCUT2D eigenvalue weighted by Crippen LogP contribution is -2.35. The van der Waals surface area contributed by atoms with E-state index in [4.69, 9.17) is 9.72 Å². The molecule has 38 heavy (non-hydrogen) atoms. The monoisotopic (exact) mass is 530 g/mol. The summed E-state index contributed by atoms with van der Waals surface area (Å²) in [5, 5.41) is 8.15. The van der Waals surface area contributed by atoms with Crippen LogP contribution in [0, 0.1) is 0 Å². The molecule has 6 rings (SSSR count). The van der Waals surface area contributed by atoms with Crippen molar-refractivity contribution >= 4 is 49.2 Å². The summed E-state index contributed by atoms with van der Waals surface area (Å²) in [6.45, 7) is 6.40. The van der Waals surface area contributed by atoms with Crippen LogP contribution in [0.15, 0.2) is 59.5 Å². The van der Waals surface area contributed by atoms with E-state index in [9.17, 15) is 13.2 Å². The third-order valence-corrected chi connectivity index (χ3v) is 8.43. The SMILES string of the molecule is CCN1C(=O)C(C)(C)c2cc3[nH]c(-c4n[nH]c5ccc(NS(=O)(=O)c6cccc(OC)c6)cc45)nc3cc21. The van der Waals surface area contributed by atoms with Crippen molar-refractivity contribution in [2.24, 2.45) is 0 Å². The minimum atomic E-state index is -3.84. The van der Waals surface area contributed by atoms with Gasteiger partial charge in [-0.3, -0.25) is 14.6 Å². The topological polar surface area (TPSA) is 133 Å². The van der Waals surface area contributed by atoms with Crippen LogP contribution in [0.4, 0.5) is 11.4 Å². The van der Waals surface area contributed by atoms with Crippen molar-refractivity contribution in [3.8, 4) is 17.3 Å². The molecule has 0 spiro atoms. The number of hydrogen-bond donors (Lipinski definition) is 3. The van der Waals surface area contributed by atoms with E-state index in [2.05, 4.69) is 19.9 Å². The molecule has 3 heterocycles. The second kappa shape index (κ2) is 8.32. The molecule has 1 aliphatic rings. The smallest absolute Gasteiger partial charge is 0.262 e. The molecule has 0 unspecified atom stereocenters. The quantitative estimate of drug-likeness (QED) is 0.295. The number of nitrogens with zero attached hydrogens (tertiary/aromatic N) is 3. The van der Waals surface area contributed by atoms with Gasteiger partial charge in [-0.2, -0.15) is 5.10 Å². The molecular weight excluding hydrogens is 504 g/mol. The number of likely N-dealkylation sites (N-methyl/N-ethyl adjacent to an activating group) is 1. The summed E-state index contributed by atoms with van der Waals surface area (Å²) in [6.07, 6.45) is 0. The summed E-state index contributed by atoms with van der Waals surface area (Å²) in [6, 6.07) is 15.4. The van der Waals surface area contributed by atoms with Crippen molar-refractivity contribution in [2.75, 3.05) is 23.3 Å². The minimum Gasteiger partial charge on any atom is -0.497 e. The molecule has 0 fully saturated rings. The number of sulfonamides is 1. The molecule has 10 nitrogen and oxygen atoms in total. The number of benzene rings is 3. The van der Waals surface area contributed by atoms with Crippen molar-refractivity contribution in [1.82, 2.24) is 20.2 Å². The van der Waals surface area contributed by atoms with Crippen LogP contribution in [0.5, 0.6) is 5.75 Å². The largest absolute Gasteiger partial charge is 0.497 e. The summed E-state index contributed by atoms with van der Waals surface area (Å²) in [5.41, 5.74) is 4.38. The average Bonchev–Trinajstić information content (AvgIpc) is 3.55. The highest BCUT2D eigenvalue weighted by Crippen LogP contribution is 2.43. The molecule has 0 aliphatic carbocycles. The molecule has 1 aliphatic heterocycles. The first-order valence-corrected chi connectivity index (χ1v) is 13.6. The van der Waals surface area contributed by atoms with Crippen LogP contribution in [0.2, 0.25) is 0 Å². The van der Waals surface area contributed by atoms with Crippen LogP contribution < -0.4 is 14.4 Å². The van der Waals surface area contributed by atoms with E-state index in [-0.39, 0.29) is 10.8 Å². The fraction of sp³-hybridized carbons (Fsp3) is 0.222. The standard InChI is InChI=1S/C27H26N6O4S/c1-5-33-23-14-22-21(13-19(23)27(2,3)26(33)34)28-25(29-22)24-18-11-15(9-10-20(18)30-31-24)32-38(35,36)17-8-6-7-16(12-17)37-4/h6-14,32H,5H2,1-4H3,(H,28,29)(H,30,31). The zero-order valence-corrected chi connectivity index (χ0v) is 22.1. The minimum absolute atomic E-state index is 0.0742. The molecule has 0 saturated heterocycles. The van der Waals surface area contributed by atoms with Gasteiger partial charge in [-0.1, -0.05) is 6.07 Å². The van der Waals surface area contributed by atoms with E-state index < -0.39 is 15.4 Å². The second-order valence-corrected chi connectivity index (χ2v) is 11.4. The first kappa shape index (κ1) is 24.0. The van der Waals surface area contributed by atoms with Gasteiger partial charge in [0.05, 0.1) is 39.7 Å². The predicted molar refractivity (Wildman–Crippen MR) is 146 cm³/mol. The van der Waals surface area contributed by atoms with Gasteiger partial charge in [-0.25, -0.2) is 13.4 Å². The number of carbonyl (C=O) groups excluding carboxylic acids is 1. The van der Waals surface area contributed by atoms with Crippen LogP contribution in [0.3, 0.4) is 0 Å². The molecule has 2 aromatic heterocycles. The van der Waals surface area contributed by atoms with Crippen molar-refractivity contribution < 1.29 is 17.9 Å².